The Balaban J connectivity index is 1.75. The number of fused-ring (bicyclic) bond motifs is 1. The fraction of sp³-hybridized carbons (Fsp3) is 0.0870. The third-order valence-electron chi connectivity index (χ3n) is 4.83. The lowest BCUT2D eigenvalue weighted by molar-refractivity contribution is -0.112. The van der Waals surface area contributed by atoms with Crippen LogP contribution in [-0.2, 0) is 11.3 Å². The average Bonchev–Trinajstić information content (AvgIpc) is 2.99. The van der Waals surface area contributed by atoms with Crippen molar-refractivity contribution in [3.05, 3.63) is 87.8 Å². The van der Waals surface area contributed by atoms with E-state index in [0.717, 1.165) is 5.56 Å². The molecule has 8 heteroatoms. The Morgan fingerprint density at radius 2 is 1.81 bits per heavy atom. The maximum absolute atomic E-state index is 13.1. The minimum absolute atomic E-state index is 0.0322. The smallest absolute Gasteiger partial charge is 0.296 e. The number of phenols is 1. The lowest BCUT2D eigenvalue weighted by Gasteiger charge is -2.08. The number of carbonyl (C=O) groups excluding carboxylic acids is 2. The van der Waals surface area contributed by atoms with E-state index >= 15 is 0 Å². The van der Waals surface area contributed by atoms with Crippen molar-refractivity contribution in [2.75, 3.05) is 5.32 Å². The van der Waals surface area contributed by atoms with E-state index in [9.17, 15) is 14.7 Å². The normalized spacial score (nSPS) is 10.9. The Bertz CT molecular complexity index is 1310. The summed E-state index contributed by atoms with van der Waals surface area (Å²) in [6.45, 7) is 2.14. The summed E-state index contributed by atoms with van der Waals surface area (Å²) in [5.41, 5.74) is 2.72. The van der Waals surface area contributed by atoms with Crippen LogP contribution in [0.25, 0.3) is 10.9 Å². The van der Waals surface area contributed by atoms with Crippen LogP contribution in [0.2, 0.25) is 10.2 Å². The maximum Gasteiger partial charge on any atom is 0.296 e. The van der Waals surface area contributed by atoms with Gasteiger partial charge in [0.25, 0.3) is 11.7 Å². The number of aryl methyl sites for hydroxylation is 1. The van der Waals surface area contributed by atoms with Gasteiger partial charge in [0, 0.05) is 34.5 Å². The fourth-order valence-corrected chi connectivity index (χ4v) is 3.84. The molecule has 156 valence electrons. The van der Waals surface area contributed by atoms with E-state index in [2.05, 4.69) is 10.3 Å². The van der Waals surface area contributed by atoms with E-state index in [0.29, 0.717) is 33.9 Å². The van der Waals surface area contributed by atoms with Gasteiger partial charge in [-0.2, -0.15) is 0 Å². The maximum atomic E-state index is 13.1. The highest BCUT2D eigenvalue weighted by Gasteiger charge is 2.27. The molecule has 2 aromatic heterocycles. The van der Waals surface area contributed by atoms with Crippen molar-refractivity contribution in [2.24, 2.45) is 0 Å². The third-order valence-corrected chi connectivity index (χ3v) is 5.47. The number of benzene rings is 2. The van der Waals surface area contributed by atoms with Crippen LogP contribution in [0.5, 0.6) is 5.75 Å². The van der Waals surface area contributed by atoms with E-state index in [-0.39, 0.29) is 16.5 Å². The number of hydrogen-bond acceptors (Lipinski definition) is 4. The molecule has 0 fully saturated rings. The van der Waals surface area contributed by atoms with E-state index in [1.807, 2.05) is 12.1 Å². The molecule has 2 N–H and O–H groups in total. The van der Waals surface area contributed by atoms with Gasteiger partial charge < -0.3 is 15.0 Å². The predicted molar refractivity (Wildman–Crippen MR) is 121 cm³/mol. The first-order valence-corrected chi connectivity index (χ1v) is 10.1. The van der Waals surface area contributed by atoms with Gasteiger partial charge in [0.15, 0.2) is 0 Å². The number of aromatic nitrogens is 2. The Kier molecular flexibility index (Phi) is 5.67. The second kappa shape index (κ2) is 8.41. The first kappa shape index (κ1) is 20.9. The van der Waals surface area contributed by atoms with E-state index in [4.69, 9.17) is 23.2 Å². The van der Waals surface area contributed by atoms with Crippen molar-refractivity contribution in [1.82, 2.24) is 9.55 Å². The van der Waals surface area contributed by atoms with Crippen LogP contribution < -0.4 is 5.32 Å². The quantitative estimate of drug-likeness (QED) is 0.320. The summed E-state index contributed by atoms with van der Waals surface area (Å²) in [6.07, 6.45) is 1.54. The Morgan fingerprint density at radius 1 is 1.06 bits per heavy atom. The molecule has 0 atom stereocenters. The van der Waals surface area contributed by atoms with Crippen molar-refractivity contribution in [3.63, 3.8) is 0 Å². The van der Waals surface area contributed by atoms with Gasteiger partial charge in [-0.1, -0.05) is 35.3 Å². The number of aromatic hydroxyl groups is 1. The Hall–Kier alpha value is -3.35. The predicted octanol–water partition coefficient (Wildman–Crippen LogP) is 5.23. The number of ketones is 1. The topological polar surface area (TPSA) is 84.2 Å². The third kappa shape index (κ3) is 4.26. The van der Waals surface area contributed by atoms with Crippen LogP contribution in [0.1, 0.15) is 21.6 Å². The van der Waals surface area contributed by atoms with Gasteiger partial charge in [-0.05, 0) is 55.0 Å². The number of rotatable bonds is 5. The second-order valence-corrected chi connectivity index (χ2v) is 7.84. The van der Waals surface area contributed by atoms with Crippen molar-refractivity contribution in [3.8, 4) is 5.75 Å². The van der Waals surface area contributed by atoms with Gasteiger partial charge in [0.2, 0.25) is 0 Å². The Labute approximate surface area is 188 Å². The molecule has 0 aliphatic heterocycles. The summed E-state index contributed by atoms with van der Waals surface area (Å²) in [5, 5.41) is 13.7. The highest BCUT2D eigenvalue weighted by molar-refractivity contribution is 6.51. The minimum Gasteiger partial charge on any atom is -0.508 e. The molecular weight excluding hydrogens is 437 g/mol. The molecule has 0 aliphatic rings. The first-order valence-electron chi connectivity index (χ1n) is 9.37. The van der Waals surface area contributed by atoms with Crippen LogP contribution in [0.3, 0.4) is 0 Å². The zero-order valence-electron chi connectivity index (χ0n) is 16.4. The molecule has 0 spiro atoms. The summed E-state index contributed by atoms with van der Waals surface area (Å²) in [7, 11) is 0. The van der Waals surface area contributed by atoms with Crippen LogP contribution in [-0.4, -0.2) is 26.3 Å². The van der Waals surface area contributed by atoms with Crippen molar-refractivity contribution in [1.29, 1.82) is 0 Å². The van der Waals surface area contributed by atoms with Crippen molar-refractivity contribution >= 4 is 51.5 Å². The molecule has 4 rings (SSSR count). The molecule has 0 saturated heterocycles. The molecule has 2 aromatic carbocycles. The number of phenolic OH excluding ortho intramolecular Hbond substituents is 1. The summed E-state index contributed by atoms with van der Waals surface area (Å²) in [6, 6.07) is 15.1. The Morgan fingerprint density at radius 3 is 2.52 bits per heavy atom. The molecule has 0 unspecified atom stereocenters. The van der Waals surface area contributed by atoms with Gasteiger partial charge in [0.05, 0.1) is 11.1 Å². The van der Waals surface area contributed by atoms with Gasteiger partial charge >= 0.3 is 0 Å². The molecule has 0 radical (unpaired) electrons. The van der Waals surface area contributed by atoms with E-state index < -0.39 is 11.7 Å². The number of pyridine rings is 1. The summed E-state index contributed by atoms with van der Waals surface area (Å²) in [5.74, 6) is -1.67. The van der Waals surface area contributed by atoms with Gasteiger partial charge in [-0.15, -0.1) is 0 Å². The van der Waals surface area contributed by atoms with E-state index in [1.165, 1.54) is 12.1 Å². The van der Waals surface area contributed by atoms with Gasteiger partial charge in [-0.25, -0.2) is 0 Å². The van der Waals surface area contributed by atoms with Crippen LogP contribution in [0.15, 0.2) is 60.8 Å². The van der Waals surface area contributed by atoms with Crippen LogP contribution in [0.4, 0.5) is 5.69 Å². The molecular formula is C23H17Cl2N3O3. The number of carbonyl (C=O) groups is 2. The van der Waals surface area contributed by atoms with Crippen LogP contribution >= 0.6 is 23.2 Å². The minimum atomic E-state index is -0.832. The summed E-state index contributed by atoms with van der Waals surface area (Å²) >= 11 is 12.6. The van der Waals surface area contributed by atoms with Gasteiger partial charge in [0.1, 0.15) is 10.9 Å². The molecule has 4 aromatic rings. The van der Waals surface area contributed by atoms with Crippen molar-refractivity contribution in [2.45, 2.75) is 13.5 Å². The molecule has 2 heterocycles. The number of Topliss-reactive ketones (excluding diaryl/α,β-unsaturated/α-hetero) is 1. The largest absolute Gasteiger partial charge is 0.508 e. The molecule has 31 heavy (non-hydrogen) atoms. The van der Waals surface area contributed by atoms with Gasteiger partial charge in [-0.3, -0.25) is 14.6 Å². The standard InChI is InChI=1S/C23H17Cl2N3O3/c1-13-10-16(8-9-26-13)27-23(31)21(30)20-18-11-17(29)6-7-19(18)28(22(20)25)12-14-2-4-15(24)5-3-14/h2-11,29H,12H2,1H3,(H,26,27,31). The summed E-state index contributed by atoms with van der Waals surface area (Å²) in [4.78, 5) is 29.8. The number of nitrogens with zero attached hydrogens (tertiary/aromatic N) is 2. The molecule has 1 amide bonds. The zero-order valence-corrected chi connectivity index (χ0v) is 17.9. The number of amides is 1. The SMILES string of the molecule is Cc1cc(NC(=O)C(=O)c2c(Cl)n(Cc3ccc(Cl)cc3)c3ccc(O)cc23)ccn1. The lowest BCUT2D eigenvalue weighted by atomic mass is 10.1. The fourth-order valence-electron chi connectivity index (χ4n) is 3.38. The number of halogens is 2. The number of anilines is 1. The monoisotopic (exact) mass is 453 g/mol. The highest BCUT2D eigenvalue weighted by atomic mass is 35.5. The zero-order chi connectivity index (χ0) is 22.1. The molecule has 0 bridgehead atoms. The molecule has 0 saturated carbocycles. The second-order valence-electron chi connectivity index (χ2n) is 7.05. The molecule has 0 aliphatic carbocycles. The van der Waals surface area contributed by atoms with E-state index in [1.54, 1.807) is 48.0 Å². The lowest BCUT2D eigenvalue weighted by Crippen LogP contribution is -2.23. The molecule has 6 nitrogen and oxygen atoms in total. The number of nitrogens with one attached hydrogen (secondary N) is 1. The van der Waals surface area contributed by atoms with Crippen LogP contribution in [0, 0.1) is 6.92 Å². The summed E-state index contributed by atoms with van der Waals surface area (Å²) < 4.78 is 1.72. The number of hydrogen-bond donors (Lipinski definition) is 2. The highest BCUT2D eigenvalue weighted by Crippen LogP contribution is 2.34. The first-order chi connectivity index (χ1) is 14.8. The van der Waals surface area contributed by atoms with Crippen molar-refractivity contribution < 1.29 is 14.7 Å². The average molecular weight is 454 g/mol.